The van der Waals surface area contributed by atoms with Crippen molar-refractivity contribution in [3.05, 3.63) is 0 Å². The fraction of sp³-hybridized carbons (Fsp3) is 0.818. The fourth-order valence-electron chi connectivity index (χ4n) is 1.60. The number of ether oxygens (including phenoxy) is 1. The van der Waals surface area contributed by atoms with Crippen molar-refractivity contribution in [1.29, 1.82) is 0 Å². The van der Waals surface area contributed by atoms with Gasteiger partial charge in [-0.25, -0.2) is 4.79 Å². The predicted octanol–water partition coefficient (Wildman–Crippen LogP) is 0.0270. The van der Waals surface area contributed by atoms with E-state index in [4.69, 9.17) is 4.74 Å². The Morgan fingerprint density at radius 3 is 2.06 bits per heavy atom. The highest BCUT2D eigenvalue weighted by Crippen LogP contribution is 2.14. The first kappa shape index (κ1) is 13.8. The molecule has 1 fully saturated rings. The van der Waals surface area contributed by atoms with E-state index in [1.807, 2.05) is 0 Å². The van der Waals surface area contributed by atoms with Crippen molar-refractivity contribution in [2.24, 2.45) is 0 Å². The lowest BCUT2D eigenvalue weighted by Crippen LogP contribution is -2.64. The molecule has 0 aliphatic carbocycles. The molecule has 17 heavy (non-hydrogen) atoms. The predicted molar refractivity (Wildman–Crippen MR) is 59.1 cm³/mol. The number of carboxylic acid groups (broad SMARTS) is 1. The second-order valence-electron chi connectivity index (χ2n) is 5.58. The molecule has 0 unspecified atom stereocenters. The third-order valence-electron chi connectivity index (χ3n) is 2.82. The topological polar surface area (TPSA) is 69.7 Å². The van der Waals surface area contributed by atoms with Crippen molar-refractivity contribution in [2.75, 3.05) is 33.2 Å². The van der Waals surface area contributed by atoms with Gasteiger partial charge < -0.3 is 14.6 Å². The number of hydrogen-bond donors (Lipinski definition) is 0. The molecular weight excluding hydrogens is 224 g/mol. The molecular formula is C11H20N2O4. The molecule has 98 valence electrons. The molecule has 6 heteroatoms. The van der Waals surface area contributed by atoms with Crippen molar-refractivity contribution < 1.29 is 23.9 Å². The van der Waals surface area contributed by atoms with Gasteiger partial charge in [0.05, 0.1) is 20.1 Å². The maximum absolute atomic E-state index is 11.7. The maximum Gasteiger partial charge on any atom is 0.410 e. The first-order valence-corrected chi connectivity index (χ1v) is 5.68. The molecule has 0 aromatic carbocycles. The van der Waals surface area contributed by atoms with E-state index < -0.39 is 11.7 Å². The summed E-state index contributed by atoms with van der Waals surface area (Å²) in [6.45, 7) is 6.85. The summed E-state index contributed by atoms with van der Waals surface area (Å²) in [6.07, 6.45) is -1.49. The summed E-state index contributed by atoms with van der Waals surface area (Å²) in [4.78, 5) is 24.2. The molecule has 0 bridgehead atoms. The van der Waals surface area contributed by atoms with Crippen LogP contribution < -0.4 is 5.11 Å². The molecule has 0 radical (unpaired) electrons. The van der Waals surface area contributed by atoms with Crippen LogP contribution in [0.15, 0.2) is 0 Å². The number of carbonyl (C=O) groups excluding carboxylic acids is 2. The number of amides is 2. The largest absolute Gasteiger partial charge is 0.498 e. The van der Waals surface area contributed by atoms with E-state index in [9.17, 15) is 14.7 Å². The minimum Gasteiger partial charge on any atom is -0.498 e. The van der Waals surface area contributed by atoms with E-state index in [2.05, 4.69) is 0 Å². The summed E-state index contributed by atoms with van der Waals surface area (Å²) in [6, 6.07) is 0. The lowest BCUT2D eigenvalue weighted by molar-refractivity contribution is -0.861. The van der Waals surface area contributed by atoms with Gasteiger partial charge in [-0.05, 0) is 20.8 Å². The quantitative estimate of drug-likeness (QED) is 0.564. The van der Waals surface area contributed by atoms with Crippen LogP contribution in [0, 0.1) is 0 Å². The van der Waals surface area contributed by atoms with Gasteiger partial charge >= 0.3 is 6.09 Å². The van der Waals surface area contributed by atoms with Crippen LogP contribution in [0.25, 0.3) is 0 Å². The summed E-state index contributed by atoms with van der Waals surface area (Å²) >= 11 is 0. The molecule has 1 rings (SSSR count). The highest BCUT2D eigenvalue weighted by atomic mass is 16.6. The van der Waals surface area contributed by atoms with Gasteiger partial charge in [0, 0.05) is 0 Å². The Balaban J connectivity index is 2.53. The number of likely N-dealkylation sites (N-methyl/N-ethyl adjacent to an activating group) is 1. The van der Waals surface area contributed by atoms with Crippen LogP contribution in [0.4, 0.5) is 9.59 Å². The molecule has 0 aromatic rings. The van der Waals surface area contributed by atoms with Crippen LogP contribution in [-0.2, 0) is 4.74 Å². The zero-order chi connectivity index (χ0) is 13.3. The van der Waals surface area contributed by atoms with Gasteiger partial charge in [0.1, 0.15) is 18.7 Å². The second-order valence-corrected chi connectivity index (χ2v) is 5.58. The average molecular weight is 244 g/mol. The first-order valence-electron chi connectivity index (χ1n) is 5.68. The summed E-state index contributed by atoms with van der Waals surface area (Å²) in [5.74, 6) is 0. The number of rotatable bonds is 0. The molecule has 0 atom stereocenters. The number of hydrogen-bond acceptors (Lipinski definition) is 4. The standard InChI is InChI=1S/C11H20N2O4/c1-11(2,3)17-9(14)12-5-7-13(4,8-6-12)10(15)16/h5-8H2,1-4H3. The second kappa shape index (κ2) is 4.52. The van der Waals surface area contributed by atoms with Gasteiger partial charge in [-0.3, -0.25) is 9.38 Å². The highest BCUT2D eigenvalue weighted by Gasteiger charge is 2.34. The Morgan fingerprint density at radius 1 is 1.24 bits per heavy atom. The van der Waals surface area contributed by atoms with Crippen molar-refractivity contribution in [3.8, 4) is 0 Å². The molecule has 1 aliphatic heterocycles. The normalized spacial score (nSPS) is 19.9. The molecule has 0 saturated carbocycles. The SMILES string of the molecule is CC(C)(C)OC(=O)N1CC[N+](C)(C(=O)[O-])CC1. The molecule has 1 aliphatic rings. The lowest BCUT2D eigenvalue weighted by Gasteiger charge is -2.41. The van der Waals surface area contributed by atoms with Gasteiger partial charge in [0.15, 0.2) is 0 Å². The lowest BCUT2D eigenvalue weighted by atomic mass is 10.2. The minimum absolute atomic E-state index is 0.153. The molecule has 2 amide bonds. The monoisotopic (exact) mass is 244 g/mol. The molecule has 6 nitrogen and oxygen atoms in total. The highest BCUT2D eigenvalue weighted by molar-refractivity contribution is 5.68. The Morgan fingerprint density at radius 2 is 1.71 bits per heavy atom. The fourth-order valence-corrected chi connectivity index (χ4v) is 1.60. The van der Waals surface area contributed by atoms with Crippen molar-refractivity contribution >= 4 is 12.2 Å². The van der Waals surface area contributed by atoms with E-state index in [0.29, 0.717) is 26.2 Å². The molecule has 1 saturated heterocycles. The summed E-state index contributed by atoms with van der Waals surface area (Å²) in [7, 11) is 1.60. The van der Waals surface area contributed by atoms with Crippen LogP contribution in [0.2, 0.25) is 0 Å². The molecule has 1 heterocycles. The number of quaternary nitrogens is 1. The Bertz CT molecular complexity index is 314. The summed E-state index contributed by atoms with van der Waals surface area (Å²) < 4.78 is 5.07. The third-order valence-corrected chi connectivity index (χ3v) is 2.82. The maximum atomic E-state index is 11.7. The van der Waals surface area contributed by atoms with Crippen LogP contribution in [0.5, 0.6) is 0 Å². The summed E-state index contributed by atoms with van der Waals surface area (Å²) in [5, 5.41) is 10.9. The Hall–Kier alpha value is -1.30. The zero-order valence-corrected chi connectivity index (χ0v) is 10.9. The summed E-state index contributed by atoms with van der Waals surface area (Å²) in [5.41, 5.74) is -0.527. The number of nitrogens with zero attached hydrogens (tertiary/aromatic N) is 2. The average Bonchev–Trinajstić information content (AvgIpc) is 2.15. The van der Waals surface area contributed by atoms with E-state index in [1.165, 1.54) is 4.90 Å². The van der Waals surface area contributed by atoms with E-state index in [1.54, 1.807) is 27.8 Å². The van der Waals surface area contributed by atoms with Crippen molar-refractivity contribution in [3.63, 3.8) is 0 Å². The zero-order valence-electron chi connectivity index (χ0n) is 10.9. The van der Waals surface area contributed by atoms with Gasteiger partial charge in [-0.1, -0.05) is 0 Å². The first-order chi connectivity index (χ1) is 7.64. The van der Waals surface area contributed by atoms with E-state index in [-0.39, 0.29) is 10.6 Å². The number of carbonyl (C=O) groups is 2. The van der Waals surface area contributed by atoms with Crippen LogP contribution in [0.1, 0.15) is 20.8 Å². The van der Waals surface area contributed by atoms with Gasteiger partial charge in [-0.2, -0.15) is 0 Å². The Labute approximate surface area is 101 Å². The van der Waals surface area contributed by atoms with E-state index in [0.717, 1.165) is 0 Å². The minimum atomic E-state index is -1.10. The Kier molecular flexibility index (Phi) is 3.66. The van der Waals surface area contributed by atoms with Crippen LogP contribution in [0.3, 0.4) is 0 Å². The van der Waals surface area contributed by atoms with E-state index >= 15 is 0 Å². The van der Waals surface area contributed by atoms with Gasteiger partial charge in [0.25, 0.3) is 6.09 Å². The third kappa shape index (κ3) is 3.59. The molecule has 0 N–H and O–H groups in total. The van der Waals surface area contributed by atoms with Gasteiger partial charge in [0.2, 0.25) is 0 Å². The number of piperazine rings is 1. The van der Waals surface area contributed by atoms with Crippen molar-refractivity contribution in [2.45, 2.75) is 26.4 Å². The van der Waals surface area contributed by atoms with Crippen LogP contribution >= 0.6 is 0 Å². The van der Waals surface area contributed by atoms with Crippen molar-refractivity contribution in [1.82, 2.24) is 4.90 Å². The van der Waals surface area contributed by atoms with Crippen LogP contribution in [-0.4, -0.2) is 60.4 Å². The van der Waals surface area contributed by atoms with Gasteiger partial charge in [-0.15, -0.1) is 0 Å². The smallest absolute Gasteiger partial charge is 0.410 e. The molecule has 0 spiro atoms. The molecule has 0 aromatic heterocycles.